The fourth-order valence-electron chi connectivity index (χ4n) is 9.04. The molecule has 6 aromatic carbocycles. The van der Waals surface area contributed by atoms with Crippen LogP contribution in [0.2, 0.25) is 0 Å². The van der Waals surface area contributed by atoms with Crippen molar-refractivity contribution < 1.29 is 0 Å². The highest BCUT2D eigenvalue weighted by atomic mass is 15.2. The minimum absolute atomic E-state index is 0.0772. The van der Waals surface area contributed by atoms with Gasteiger partial charge < -0.3 is 9.47 Å². The van der Waals surface area contributed by atoms with Crippen molar-refractivity contribution in [1.82, 2.24) is 9.55 Å². The molecule has 272 valence electrons. The van der Waals surface area contributed by atoms with Gasteiger partial charge in [-0.2, -0.15) is 15.8 Å². The molecule has 6 nitrogen and oxygen atoms in total. The van der Waals surface area contributed by atoms with Gasteiger partial charge >= 0.3 is 0 Å². The molecule has 0 fully saturated rings. The molecule has 58 heavy (non-hydrogen) atoms. The fourth-order valence-corrected chi connectivity index (χ4v) is 9.04. The standard InChI is InChI=1S/C52H34N6/c1-32-21-40(22-33(2)56-32)46-28-49(57-47-15-5-3-13-42(47)44-19-17-38(25-50(44)57)36-11-7-9-34(23-36)29-53)41(31-55)27-52(46)58-48-16-6-4-14-43(48)45-20-18-39(26-51(45)58)37-12-8-10-35(24-37)30-54/h3-28,45,51H,1-2H3. The van der Waals surface area contributed by atoms with Gasteiger partial charge in [0.2, 0.25) is 0 Å². The van der Waals surface area contributed by atoms with E-state index in [0.29, 0.717) is 16.7 Å². The molecule has 8 aromatic rings. The van der Waals surface area contributed by atoms with Gasteiger partial charge in [-0.15, -0.1) is 0 Å². The lowest BCUT2D eigenvalue weighted by molar-refractivity contribution is 0.747. The van der Waals surface area contributed by atoms with Crippen LogP contribution in [-0.2, 0) is 0 Å². The zero-order valence-electron chi connectivity index (χ0n) is 31.8. The average molecular weight is 743 g/mol. The van der Waals surface area contributed by atoms with Crippen LogP contribution in [-0.4, -0.2) is 15.6 Å². The lowest BCUT2D eigenvalue weighted by Crippen LogP contribution is -2.29. The van der Waals surface area contributed by atoms with Crippen molar-refractivity contribution in [2.45, 2.75) is 25.8 Å². The van der Waals surface area contributed by atoms with Crippen LogP contribution in [0.1, 0.15) is 45.1 Å². The Bertz CT molecular complexity index is 3190. The van der Waals surface area contributed by atoms with Gasteiger partial charge in [-0.1, -0.05) is 91.0 Å². The van der Waals surface area contributed by atoms with Crippen LogP contribution in [0.25, 0.3) is 55.3 Å². The van der Waals surface area contributed by atoms with Crippen LogP contribution >= 0.6 is 0 Å². The van der Waals surface area contributed by atoms with Crippen LogP contribution in [0.4, 0.5) is 11.4 Å². The maximum Gasteiger partial charge on any atom is 0.101 e. The first kappa shape index (κ1) is 34.5. The van der Waals surface area contributed by atoms with Crippen molar-refractivity contribution >= 4 is 38.8 Å². The number of benzene rings is 6. The summed E-state index contributed by atoms with van der Waals surface area (Å²) in [5.74, 6) is 0.0772. The SMILES string of the molecule is Cc1cc(-c2cc(-n3c4ccccc4c4ccc(-c5cccc(C#N)c5)cc43)c(C#N)cc2N2c3ccccc3C3C=CC(c4cccc(C#N)c4)=CC32)cc(C)n1. The summed E-state index contributed by atoms with van der Waals surface area (Å²) in [7, 11) is 0. The number of hydrogen-bond donors (Lipinski definition) is 0. The smallest absolute Gasteiger partial charge is 0.101 e. The van der Waals surface area contributed by atoms with E-state index in [4.69, 9.17) is 4.98 Å². The molecule has 0 amide bonds. The van der Waals surface area contributed by atoms with Gasteiger partial charge in [0.1, 0.15) is 6.07 Å². The predicted molar refractivity (Wildman–Crippen MR) is 232 cm³/mol. The average Bonchev–Trinajstić information content (AvgIpc) is 3.77. The second-order valence-electron chi connectivity index (χ2n) is 15.0. The highest BCUT2D eigenvalue weighted by Crippen LogP contribution is 2.52. The molecule has 2 aromatic heterocycles. The highest BCUT2D eigenvalue weighted by Gasteiger charge is 2.39. The van der Waals surface area contributed by atoms with Crippen molar-refractivity contribution in [2.75, 3.05) is 4.90 Å². The summed E-state index contributed by atoms with van der Waals surface area (Å²) in [4.78, 5) is 7.15. The number of nitrogens with zero attached hydrogens (tertiary/aromatic N) is 6. The number of nitriles is 3. The van der Waals surface area contributed by atoms with Gasteiger partial charge in [0.25, 0.3) is 0 Å². The Hall–Kier alpha value is -7.98. The molecule has 2 aliphatic rings. The summed E-state index contributed by atoms with van der Waals surface area (Å²) in [5.41, 5.74) is 15.5. The van der Waals surface area contributed by atoms with Gasteiger partial charge in [0.05, 0.1) is 57.3 Å². The van der Waals surface area contributed by atoms with Crippen molar-refractivity contribution in [3.05, 3.63) is 197 Å². The van der Waals surface area contributed by atoms with Crippen molar-refractivity contribution in [2.24, 2.45) is 0 Å². The van der Waals surface area contributed by atoms with E-state index in [-0.39, 0.29) is 12.0 Å². The lowest BCUT2D eigenvalue weighted by atomic mass is 9.86. The first-order valence-electron chi connectivity index (χ1n) is 19.3. The Morgan fingerprint density at radius 3 is 2.02 bits per heavy atom. The zero-order chi connectivity index (χ0) is 39.5. The zero-order valence-corrected chi connectivity index (χ0v) is 31.8. The van der Waals surface area contributed by atoms with E-state index < -0.39 is 0 Å². The number of aromatic nitrogens is 2. The molecule has 0 N–H and O–H groups in total. The number of hydrogen-bond acceptors (Lipinski definition) is 5. The number of aryl methyl sites for hydroxylation is 2. The Morgan fingerprint density at radius 2 is 1.24 bits per heavy atom. The molecule has 1 aliphatic carbocycles. The number of rotatable bonds is 5. The summed E-state index contributed by atoms with van der Waals surface area (Å²) in [6.07, 6.45) is 6.76. The summed E-state index contributed by atoms with van der Waals surface area (Å²) in [6.45, 7) is 4.04. The summed E-state index contributed by atoms with van der Waals surface area (Å²) >= 11 is 0. The van der Waals surface area contributed by atoms with Crippen molar-refractivity contribution in [1.29, 1.82) is 15.8 Å². The van der Waals surface area contributed by atoms with Crippen molar-refractivity contribution in [3.63, 3.8) is 0 Å². The molecule has 6 heteroatoms. The molecule has 10 rings (SSSR count). The third kappa shape index (κ3) is 5.57. The van der Waals surface area contributed by atoms with E-state index >= 15 is 0 Å². The normalized spacial score (nSPS) is 15.4. The number of pyridine rings is 1. The Labute approximate surface area is 336 Å². The number of allylic oxidation sites excluding steroid dienone is 2. The van der Waals surface area contributed by atoms with E-state index in [1.54, 1.807) is 0 Å². The predicted octanol–water partition coefficient (Wildman–Crippen LogP) is 12.0. The van der Waals surface area contributed by atoms with Crippen LogP contribution < -0.4 is 4.90 Å². The minimum Gasteiger partial charge on any atom is -0.333 e. The molecule has 0 spiro atoms. The summed E-state index contributed by atoms with van der Waals surface area (Å²) < 4.78 is 2.22. The topological polar surface area (TPSA) is 92.4 Å². The third-order valence-electron chi connectivity index (χ3n) is 11.5. The van der Waals surface area contributed by atoms with Crippen LogP contribution in [0.3, 0.4) is 0 Å². The molecule has 0 saturated carbocycles. The Balaban J connectivity index is 1.24. The maximum atomic E-state index is 11.2. The minimum atomic E-state index is -0.0942. The molecular formula is C52H34N6. The van der Waals surface area contributed by atoms with E-state index in [2.05, 4.69) is 137 Å². The molecule has 2 atom stereocenters. The van der Waals surface area contributed by atoms with Crippen LogP contribution in [0.15, 0.2) is 158 Å². The van der Waals surface area contributed by atoms with Crippen LogP contribution in [0, 0.1) is 47.8 Å². The first-order chi connectivity index (χ1) is 28.4. The van der Waals surface area contributed by atoms with Gasteiger partial charge in [-0.25, -0.2) is 0 Å². The number of fused-ring (bicyclic) bond motifs is 6. The molecule has 2 unspecified atom stereocenters. The molecule has 3 heterocycles. The van der Waals surface area contributed by atoms with E-state index in [9.17, 15) is 15.8 Å². The highest BCUT2D eigenvalue weighted by molar-refractivity contribution is 6.10. The Morgan fingerprint density at radius 1 is 0.552 bits per heavy atom. The van der Waals surface area contributed by atoms with Gasteiger partial charge in [-0.05, 0) is 114 Å². The van der Waals surface area contributed by atoms with Crippen LogP contribution in [0.5, 0.6) is 0 Å². The largest absolute Gasteiger partial charge is 0.333 e. The van der Waals surface area contributed by atoms with Crippen molar-refractivity contribution in [3.8, 4) is 46.1 Å². The van der Waals surface area contributed by atoms with Gasteiger partial charge in [0.15, 0.2) is 0 Å². The summed E-state index contributed by atoms with van der Waals surface area (Å²) in [6, 6.07) is 54.4. The monoisotopic (exact) mass is 742 g/mol. The lowest BCUT2D eigenvalue weighted by Gasteiger charge is -2.32. The second-order valence-corrected chi connectivity index (χ2v) is 15.0. The second kappa shape index (κ2) is 13.6. The molecule has 1 aliphatic heterocycles. The summed E-state index contributed by atoms with van der Waals surface area (Å²) in [5, 5.41) is 32.7. The fraction of sp³-hybridized carbons (Fsp3) is 0.0769. The molecular weight excluding hydrogens is 709 g/mol. The van der Waals surface area contributed by atoms with E-state index in [0.717, 1.165) is 83.6 Å². The molecule has 0 radical (unpaired) electrons. The number of para-hydroxylation sites is 2. The van der Waals surface area contributed by atoms with E-state index in [1.165, 1.54) is 5.56 Å². The van der Waals surface area contributed by atoms with Gasteiger partial charge in [0, 0.05) is 39.3 Å². The molecule has 0 saturated heterocycles. The number of anilines is 2. The quantitative estimate of drug-likeness (QED) is 0.175. The van der Waals surface area contributed by atoms with Gasteiger partial charge in [-0.3, -0.25) is 4.98 Å². The molecule has 0 bridgehead atoms. The Kier molecular flexibility index (Phi) is 8.12. The first-order valence-corrected chi connectivity index (χ1v) is 19.3. The van der Waals surface area contributed by atoms with E-state index in [1.807, 2.05) is 62.4 Å². The maximum absolute atomic E-state index is 11.2. The third-order valence-corrected chi connectivity index (χ3v) is 11.5.